The minimum Gasteiger partial charge on any atom is -0.473 e. The molecule has 12 nitrogen and oxygen atoms in total. The van der Waals surface area contributed by atoms with Crippen LogP contribution in [0.2, 0.25) is 0 Å². The van der Waals surface area contributed by atoms with Crippen molar-refractivity contribution in [2.24, 2.45) is 0 Å². The Balaban J connectivity index is 0.000000480. The SMILES string of the molecule is O=C(CN1CCN(C2CCS(=O)(=O)C2)CC1)Nc1ccc2c(c1)OC1(CCCCC1)O2.O=C(O)C(=O)O. The lowest BCUT2D eigenvalue weighted by Gasteiger charge is -2.37. The lowest BCUT2D eigenvalue weighted by Crippen LogP contribution is -2.52. The number of rotatable bonds is 4. The minimum atomic E-state index is -2.86. The second-order valence-corrected chi connectivity index (χ2v) is 12.1. The Kier molecular flexibility index (Phi) is 8.24. The van der Waals surface area contributed by atoms with Crippen molar-refractivity contribution in [3.63, 3.8) is 0 Å². The summed E-state index contributed by atoms with van der Waals surface area (Å²) in [5, 5.41) is 17.8. The number of anilines is 1. The number of carboxylic acid groups (broad SMARTS) is 2. The summed E-state index contributed by atoms with van der Waals surface area (Å²) in [6, 6.07) is 5.74. The zero-order valence-electron chi connectivity index (χ0n) is 20.6. The monoisotopic (exact) mass is 539 g/mol. The van der Waals surface area contributed by atoms with Gasteiger partial charge in [-0.3, -0.25) is 14.6 Å². The van der Waals surface area contributed by atoms with Gasteiger partial charge in [0.05, 0.1) is 18.1 Å². The Labute approximate surface area is 215 Å². The van der Waals surface area contributed by atoms with Gasteiger partial charge in [-0.15, -0.1) is 0 Å². The molecule has 3 N–H and O–H groups in total. The molecule has 0 bridgehead atoms. The zero-order chi connectivity index (χ0) is 26.6. The predicted molar refractivity (Wildman–Crippen MR) is 132 cm³/mol. The second-order valence-electron chi connectivity index (χ2n) is 9.86. The molecule has 2 saturated heterocycles. The lowest BCUT2D eigenvalue weighted by atomic mass is 9.94. The van der Waals surface area contributed by atoms with Gasteiger partial charge in [0.2, 0.25) is 5.91 Å². The third-order valence-electron chi connectivity index (χ3n) is 7.12. The smallest absolute Gasteiger partial charge is 0.414 e. The molecule has 3 heterocycles. The molecule has 1 amide bonds. The van der Waals surface area contributed by atoms with Gasteiger partial charge in [-0.2, -0.15) is 0 Å². The Morgan fingerprint density at radius 1 is 0.973 bits per heavy atom. The van der Waals surface area contributed by atoms with Crippen molar-refractivity contribution < 1.29 is 42.5 Å². The molecule has 3 aliphatic heterocycles. The van der Waals surface area contributed by atoms with E-state index >= 15 is 0 Å². The van der Waals surface area contributed by atoms with E-state index in [9.17, 15) is 13.2 Å². The van der Waals surface area contributed by atoms with Gasteiger partial charge in [0.15, 0.2) is 21.3 Å². The van der Waals surface area contributed by atoms with Crippen molar-refractivity contribution in [3.05, 3.63) is 18.2 Å². The van der Waals surface area contributed by atoms with Crippen LogP contribution in [0.15, 0.2) is 18.2 Å². The molecule has 1 aromatic rings. The fourth-order valence-electron chi connectivity index (χ4n) is 5.22. The number of carbonyl (C=O) groups excluding carboxylic acids is 1. The first-order valence-corrected chi connectivity index (χ1v) is 14.3. The molecule has 1 saturated carbocycles. The molecule has 3 fully saturated rings. The number of carboxylic acids is 2. The number of ether oxygens (including phenoxy) is 2. The summed E-state index contributed by atoms with van der Waals surface area (Å²) >= 11 is 0. The quantitative estimate of drug-likeness (QED) is 0.468. The van der Waals surface area contributed by atoms with Crippen molar-refractivity contribution in [3.8, 4) is 11.5 Å². The van der Waals surface area contributed by atoms with Crippen LogP contribution in [0.25, 0.3) is 0 Å². The molecule has 13 heteroatoms. The number of fused-ring (bicyclic) bond motifs is 1. The highest BCUT2D eigenvalue weighted by atomic mass is 32.2. The molecule has 1 atom stereocenters. The van der Waals surface area contributed by atoms with Crippen molar-refractivity contribution in [1.82, 2.24) is 9.80 Å². The largest absolute Gasteiger partial charge is 0.473 e. The van der Waals surface area contributed by atoms with E-state index in [-0.39, 0.29) is 17.7 Å². The van der Waals surface area contributed by atoms with Gasteiger partial charge in [-0.25, -0.2) is 18.0 Å². The van der Waals surface area contributed by atoms with Crippen LogP contribution in [-0.2, 0) is 24.2 Å². The molecule has 1 unspecified atom stereocenters. The summed E-state index contributed by atoms with van der Waals surface area (Å²) < 4.78 is 35.7. The number of piperazine rings is 1. The normalized spacial score (nSPS) is 24.2. The van der Waals surface area contributed by atoms with E-state index in [2.05, 4.69) is 15.1 Å². The van der Waals surface area contributed by atoms with Gasteiger partial charge in [-0.05, 0) is 31.4 Å². The van der Waals surface area contributed by atoms with Crippen molar-refractivity contribution in [1.29, 1.82) is 0 Å². The maximum absolute atomic E-state index is 12.6. The number of hydrogen-bond donors (Lipinski definition) is 3. The predicted octanol–water partition coefficient (Wildman–Crippen LogP) is 1.02. The molecule has 4 aliphatic rings. The van der Waals surface area contributed by atoms with Gasteiger partial charge in [0.25, 0.3) is 5.79 Å². The van der Waals surface area contributed by atoms with Gasteiger partial charge in [0.1, 0.15) is 0 Å². The fourth-order valence-corrected chi connectivity index (χ4v) is 6.98. The second kappa shape index (κ2) is 11.2. The Morgan fingerprint density at radius 2 is 1.62 bits per heavy atom. The Bertz CT molecular complexity index is 1110. The van der Waals surface area contributed by atoms with Gasteiger partial charge in [-0.1, -0.05) is 6.42 Å². The van der Waals surface area contributed by atoms with Crippen molar-refractivity contribution in [2.45, 2.75) is 50.4 Å². The summed E-state index contributed by atoms with van der Waals surface area (Å²) in [5.41, 5.74) is 0.718. The Hall–Kier alpha value is -2.90. The van der Waals surface area contributed by atoms with Gasteiger partial charge in [0, 0.05) is 56.8 Å². The van der Waals surface area contributed by atoms with Crippen LogP contribution in [0.4, 0.5) is 5.69 Å². The topological polar surface area (TPSA) is 163 Å². The molecular formula is C24H33N3O9S. The zero-order valence-corrected chi connectivity index (χ0v) is 21.4. The molecule has 1 aliphatic carbocycles. The highest BCUT2D eigenvalue weighted by Crippen LogP contribution is 2.46. The molecule has 1 aromatic carbocycles. The summed E-state index contributed by atoms with van der Waals surface area (Å²) in [4.78, 5) is 35.2. The standard InChI is InChI=1S/C22H31N3O5S.C2H2O4/c26-21(15-24-9-11-25(12-10-24)18-6-13-31(27,28)16-18)23-17-4-5-19-20(14-17)30-22(29-19)7-2-1-3-8-22;3-1(4)2(5)6/h4-5,14,18H,1-3,6-13,15-16H2,(H,23,26);(H,3,4)(H,5,6). The summed E-state index contributed by atoms with van der Waals surface area (Å²) in [6.07, 6.45) is 5.99. The third-order valence-corrected chi connectivity index (χ3v) is 8.87. The van der Waals surface area contributed by atoms with Crippen LogP contribution in [0.1, 0.15) is 38.5 Å². The van der Waals surface area contributed by atoms with Crippen LogP contribution in [0.5, 0.6) is 11.5 Å². The minimum absolute atomic E-state index is 0.0526. The lowest BCUT2D eigenvalue weighted by molar-refractivity contribution is -0.159. The third kappa shape index (κ3) is 7.11. The van der Waals surface area contributed by atoms with E-state index in [0.717, 1.165) is 69.7 Å². The first kappa shape index (κ1) is 27.1. The molecule has 0 radical (unpaired) electrons. The highest BCUT2D eigenvalue weighted by molar-refractivity contribution is 7.91. The number of benzene rings is 1. The number of sulfone groups is 1. The van der Waals surface area contributed by atoms with E-state index < -0.39 is 27.6 Å². The van der Waals surface area contributed by atoms with Crippen LogP contribution in [0.3, 0.4) is 0 Å². The average Bonchev–Trinajstić information content (AvgIpc) is 3.38. The maximum Gasteiger partial charge on any atom is 0.414 e. The number of hydrogen-bond acceptors (Lipinski definition) is 9. The molecule has 37 heavy (non-hydrogen) atoms. The van der Waals surface area contributed by atoms with E-state index in [0.29, 0.717) is 18.0 Å². The van der Waals surface area contributed by atoms with Crippen LogP contribution in [-0.4, -0.2) is 102 Å². The van der Waals surface area contributed by atoms with E-state index in [1.165, 1.54) is 6.42 Å². The van der Waals surface area contributed by atoms with Crippen molar-refractivity contribution >= 4 is 33.4 Å². The average molecular weight is 540 g/mol. The number of nitrogens with one attached hydrogen (secondary N) is 1. The number of aliphatic carboxylic acids is 2. The highest BCUT2D eigenvalue weighted by Gasteiger charge is 2.42. The first-order valence-electron chi connectivity index (χ1n) is 12.5. The molecule has 5 rings (SSSR count). The Morgan fingerprint density at radius 3 is 2.22 bits per heavy atom. The number of nitrogens with zero attached hydrogens (tertiary/aromatic N) is 2. The van der Waals surface area contributed by atoms with Gasteiger partial charge >= 0.3 is 11.9 Å². The summed E-state index contributed by atoms with van der Waals surface area (Å²) in [7, 11) is -2.86. The van der Waals surface area contributed by atoms with E-state index in [1.807, 2.05) is 18.2 Å². The maximum atomic E-state index is 12.6. The number of amides is 1. The molecule has 204 valence electrons. The van der Waals surface area contributed by atoms with E-state index in [1.54, 1.807) is 0 Å². The van der Waals surface area contributed by atoms with Crippen LogP contribution in [0, 0.1) is 0 Å². The van der Waals surface area contributed by atoms with Crippen molar-refractivity contribution in [2.75, 3.05) is 49.5 Å². The molecule has 0 aromatic heterocycles. The summed E-state index contributed by atoms with van der Waals surface area (Å²) in [5.74, 6) is -2.17. The van der Waals surface area contributed by atoms with E-state index in [4.69, 9.17) is 29.3 Å². The number of carbonyl (C=O) groups is 3. The molecular weight excluding hydrogens is 506 g/mol. The first-order chi connectivity index (χ1) is 17.5. The van der Waals surface area contributed by atoms with Crippen LogP contribution >= 0.6 is 0 Å². The molecule has 1 spiro atoms. The van der Waals surface area contributed by atoms with Gasteiger partial charge < -0.3 is 25.0 Å². The van der Waals surface area contributed by atoms with Crippen LogP contribution < -0.4 is 14.8 Å². The fraction of sp³-hybridized carbons (Fsp3) is 0.625. The summed E-state index contributed by atoms with van der Waals surface area (Å²) in [6.45, 7) is 3.48.